The van der Waals surface area contributed by atoms with Crippen LogP contribution in [0.1, 0.15) is 28.6 Å². The largest absolute Gasteiger partial charge is 0.228 e. The van der Waals surface area contributed by atoms with Gasteiger partial charge < -0.3 is 0 Å². The molecule has 0 bridgehead atoms. The van der Waals surface area contributed by atoms with Crippen LogP contribution < -0.4 is 0 Å². The number of aromatic nitrogens is 14. The van der Waals surface area contributed by atoms with Gasteiger partial charge >= 0.3 is 0 Å². The fraction of sp³-hybridized carbons (Fsp3) is 0.0382. The second-order valence-corrected chi connectivity index (χ2v) is 35.0. The van der Waals surface area contributed by atoms with E-state index < -0.39 is 0 Å². The first-order valence-corrected chi connectivity index (χ1v) is 48.3. The Bertz CT molecular complexity index is 8120. The Labute approximate surface area is 844 Å². The molecule has 0 aliphatic rings. The van der Waals surface area contributed by atoms with E-state index in [9.17, 15) is 0 Å². The van der Waals surface area contributed by atoms with Crippen molar-refractivity contribution >= 4 is 21.5 Å². The minimum Gasteiger partial charge on any atom is -0.228 e. The molecule has 14 heteroatoms. The molecule has 0 atom stereocenters. The van der Waals surface area contributed by atoms with E-state index in [2.05, 4.69) is 323 Å². The number of fused-ring (bicyclic) bond motifs is 2. The molecule has 19 aromatic carbocycles. The Morgan fingerprint density at radius 3 is 0.641 bits per heavy atom. The Morgan fingerprint density at radius 1 is 0.103 bits per heavy atom. The van der Waals surface area contributed by atoms with Gasteiger partial charge in [0.1, 0.15) is 17.5 Å². The van der Waals surface area contributed by atoms with Gasteiger partial charge in [0.2, 0.25) is 0 Å². The number of hydrogen-bond acceptors (Lipinski definition) is 14. The molecule has 0 aliphatic carbocycles. The highest BCUT2D eigenvalue weighted by Gasteiger charge is 2.19. The van der Waals surface area contributed by atoms with Crippen molar-refractivity contribution in [3.63, 3.8) is 0 Å². The second kappa shape index (κ2) is 44.7. The van der Waals surface area contributed by atoms with Gasteiger partial charge in [0, 0.05) is 66.8 Å². The van der Waals surface area contributed by atoms with E-state index >= 15 is 0 Å². The van der Waals surface area contributed by atoms with Gasteiger partial charge in [0.05, 0.1) is 11.4 Å². The third-order valence-electron chi connectivity index (χ3n) is 24.5. The van der Waals surface area contributed by atoms with Crippen molar-refractivity contribution in [2.24, 2.45) is 0 Å². The molecule has 0 saturated heterocycles. The molecule has 0 fully saturated rings. The van der Waals surface area contributed by atoms with Crippen LogP contribution in [-0.2, 0) is 0 Å². The summed E-state index contributed by atoms with van der Waals surface area (Å²) in [7, 11) is 0. The zero-order chi connectivity index (χ0) is 98.4. The highest BCUT2D eigenvalue weighted by molar-refractivity contribution is 5.89. The van der Waals surface area contributed by atoms with Crippen LogP contribution >= 0.6 is 0 Å². The lowest BCUT2D eigenvalue weighted by atomic mass is 10.00. The topological polar surface area (TPSA) is 180 Å². The van der Waals surface area contributed by atoms with Crippen LogP contribution in [0, 0.1) is 34.6 Å². The molecule has 0 amide bonds. The summed E-state index contributed by atoms with van der Waals surface area (Å²) in [6.07, 6.45) is 0. The molecule has 14 nitrogen and oxygen atoms in total. The standard InChI is InChI=1S/3C28H21N3.C24H17N3.C23H18N2/c1-20-17-24(21-11-5-2-6-12-21)19-25(18-20)28-30-26(22-13-7-3-8-14-22)29-27(31-28)23-15-9-4-10-16-23;1-20-29-27(25-16-8-14-23(18-25)21-10-4-2-5-11-21)31-28(30-20)26-17-9-15-24(19-26)22-12-6-3-7-13-22;1-20-29-27(25-16-12-23(13-17-25)21-8-4-2-5-9-21)31-28(30-20)26-18-14-24(15-19-26)22-10-6-3-7-11-22;1-16-25-23(21-12-10-17-6-2-4-8-19(17)14-21)27-24(26-16)22-13-11-18-7-3-5-9-20(18)15-22;1-17-12-14-20(15-13-17)23-24-21(18-8-4-2-5-9-18)16-22(25-23)19-10-6-3-7-11-19/h3*2-19H,1H3;2-15H,1H3;2-16H,1H3. The number of hydrogen-bond donors (Lipinski definition) is 0. The molecule has 0 aliphatic heterocycles. The van der Waals surface area contributed by atoms with Crippen LogP contribution in [0.5, 0.6) is 0 Å². The predicted molar refractivity (Wildman–Crippen MR) is 592 cm³/mol. The molecule has 5 aromatic heterocycles. The second-order valence-electron chi connectivity index (χ2n) is 35.0. The number of nitrogens with zero attached hydrogens (tertiary/aromatic N) is 14. The summed E-state index contributed by atoms with van der Waals surface area (Å²) in [5.74, 6) is 9.06. The molecule has 0 spiro atoms. The zero-order valence-corrected chi connectivity index (χ0v) is 80.7. The fourth-order valence-corrected chi connectivity index (χ4v) is 17.1. The average Bonchev–Trinajstić information content (AvgIpc) is 0.838. The fourth-order valence-electron chi connectivity index (χ4n) is 17.1. The minimum absolute atomic E-state index is 0.673. The lowest BCUT2D eigenvalue weighted by Crippen LogP contribution is -2.00. The number of rotatable bonds is 17. The van der Waals surface area contributed by atoms with Gasteiger partial charge in [-0.25, -0.2) is 69.8 Å². The van der Waals surface area contributed by atoms with E-state index in [4.69, 9.17) is 39.9 Å². The summed E-state index contributed by atoms with van der Waals surface area (Å²) in [4.78, 5) is 66.0. The van der Waals surface area contributed by atoms with Crippen LogP contribution in [0.15, 0.2) is 504 Å². The molecule has 5 heterocycles. The maximum Gasteiger partial charge on any atom is 0.164 e. The van der Waals surface area contributed by atoms with Gasteiger partial charge in [-0.2, -0.15) is 0 Å². The number of aryl methyl sites for hydroxylation is 5. The molecular weight excluding hydrogens is 1770 g/mol. The zero-order valence-electron chi connectivity index (χ0n) is 80.7. The summed E-state index contributed by atoms with van der Waals surface area (Å²) >= 11 is 0. The minimum atomic E-state index is 0.673. The predicted octanol–water partition coefficient (Wildman–Crippen LogP) is 32.2. The average molecular weight is 1870 g/mol. The third kappa shape index (κ3) is 23.5. The molecule has 692 valence electrons. The SMILES string of the molecule is Cc1cc(-c2ccccc2)cc(-c2nc(-c3ccccc3)nc(-c3ccccc3)n2)c1.Cc1ccc(-c2nc(-c3ccccc3)cc(-c3ccccc3)n2)cc1.Cc1nc(-c2ccc(-c3ccccc3)cc2)nc(-c2ccc(-c3ccccc3)cc2)n1.Cc1nc(-c2ccc3ccccc3c2)nc(-c2ccc3ccccc3c2)n1.Cc1nc(-c2cccc(-c3ccccc3)c2)nc(-c2cccc(-c3ccccc3)c2)n1. The number of benzene rings is 19. The summed E-state index contributed by atoms with van der Waals surface area (Å²) in [5, 5.41) is 4.78. The van der Waals surface area contributed by atoms with E-state index in [0.29, 0.717) is 64.1 Å². The smallest absolute Gasteiger partial charge is 0.164 e. The van der Waals surface area contributed by atoms with E-state index in [1.807, 2.05) is 245 Å². The summed E-state index contributed by atoms with van der Waals surface area (Å²) < 4.78 is 0. The Hall–Kier alpha value is -19.2. The Morgan fingerprint density at radius 2 is 0.303 bits per heavy atom. The lowest BCUT2D eigenvalue weighted by molar-refractivity contribution is 0.991. The molecule has 0 N–H and O–H groups in total. The Kier molecular flexibility index (Phi) is 28.8. The molecule has 0 saturated carbocycles. The van der Waals surface area contributed by atoms with E-state index in [1.165, 1.54) is 71.6 Å². The quantitative estimate of drug-likeness (QED) is 0.0840. The van der Waals surface area contributed by atoms with Crippen molar-refractivity contribution in [1.82, 2.24) is 69.8 Å². The summed E-state index contributed by atoms with van der Waals surface area (Å²) in [5.41, 5.74) is 28.0. The van der Waals surface area contributed by atoms with E-state index in [1.54, 1.807) is 0 Å². The summed E-state index contributed by atoms with van der Waals surface area (Å²) in [6, 6.07) is 172. The van der Waals surface area contributed by atoms with Crippen molar-refractivity contribution in [2.45, 2.75) is 34.6 Å². The highest BCUT2D eigenvalue weighted by atomic mass is 15.1. The Balaban J connectivity index is 0.000000111. The van der Waals surface area contributed by atoms with Crippen LogP contribution in [0.3, 0.4) is 0 Å². The van der Waals surface area contributed by atoms with Gasteiger partial charge in [-0.05, 0) is 160 Å². The van der Waals surface area contributed by atoms with Crippen LogP contribution in [0.2, 0.25) is 0 Å². The molecule has 0 radical (unpaired) electrons. The van der Waals surface area contributed by atoms with Crippen molar-refractivity contribution in [2.75, 3.05) is 0 Å². The van der Waals surface area contributed by atoms with Crippen molar-refractivity contribution < 1.29 is 0 Å². The van der Waals surface area contributed by atoms with Gasteiger partial charge in [-0.15, -0.1) is 0 Å². The van der Waals surface area contributed by atoms with E-state index in [0.717, 1.165) is 106 Å². The maximum atomic E-state index is 4.85. The molecule has 145 heavy (non-hydrogen) atoms. The molecular formula is C131H98N14. The summed E-state index contributed by atoms with van der Waals surface area (Å²) in [6.45, 7) is 9.92. The lowest BCUT2D eigenvalue weighted by Gasteiger charge is -2.10. The first kappa shape index (κ1) is 93.5. The van der Waals surface area contributed by atoms with Gasteiger partial charge in [-0.1, -0.05) is 467 Å². The normalized spacial score (nSPS) is 10.8. The molecule has 0 unspecified atom stereocenters. The maximum absolute atomic E-state index is 4.85. The van der Waals surface area contributed by atoms with Gasteiger partial charge in [0.15, 0.2) is 58.2 Å². The van der Waals surface area contributed by atoms with Crippen LogP contribution in [-0.4, -0.2) is 69.8 Å². The van der Waals surface area contributed by atoms with E-state index in [-0.39, 0.29) is 0 Å². The first-order chi connectivity index (χ1) is 71.3. The van der Waals surface area contributed by atoms with Crippen molar-refractivity contribution in [1.29, 1.82) is 0 Å². The van der Waals surface area contributed by atoms with Gasteiger partial charge in [-0.3, -0.25) is 0 Å². The van der Waals surface area contributed by atoms with Crippen molar-refractivity contribution in [3.8, 4) is 192 Å². The third-order valence-corrected chi connectivity index (χ3v) is 24.5. The first-order valence-electron chi connectivity index (χ1n) is 48.3. The van der Waals surface area contributed by atoms with Crippen molar-refractivity contribution in [3.05, 3.63) is 532 Å². The van der Waals surface area contributed by atoms with Gasteiger partial charge in [0.25, 0.3) is 0 Å². The molecule has 24 aromatic rings. The van der Waals surface area contributed by atoms with Crippen LogP contribution in [0.25, 0.3) is 214 Å². The molecule has 24 rings (SSSR count). The highest BCUT2D eigenvalue weighted by Crippen LogP contribution is 2.37. The van der Waals surface area contributed by atoms with Crippen LogP contribution in [0.4, 0.5) is 0 Å². The monoisotopic (exact) mass is 1870 g/mol.